The Morgan fingerprint density at radius 1 is 0.276 bits per heavy atom. The smallest absolute Gasteiger partial charge is 0.306 e. The minimum atomic E-state index is -0.810. The fraction of sp³-hybridized carbons (Fsp3) is 0.614. The van der Waals surface area contributed by atoms with Gasteiger partial charge < -0.3 is 14.2 Å². The Kier molecular flexibility index (Phi) is 58.9. The first-order chi connectivity index (χ1) is 37.5. The van der Waals surface area contributed by atoms with Gasteiger partial charge in [-0.1, -0.05) is 263 Å². The number of hydrogen-bond acceptors (Lipinski definition) is 6. The van der Waals surface area contributed by atoms with Crippen molar-refractivity contribution in [2.45, 2.75) is 264 Å². The first-order valence-electron chi connectivity index (χ1n) is 30.8. The molecule has 0 bridgehead atoms. The van der Waals surface area contributed by atoms with E-state index >= 15 is 0 Å². The highest BCUT2D eigenvalue weighted by Crippen LogP contribution is 2.14. The second kappa shape index (κ2) is 62.8. The summed E-state index contributed by atoms with van der Waals surface area (Å²) in [7, 11) is 0. The summed E-state index contributed by atoms with van der Waals surface area (Å²) in [6.45, 7) is 6.35. The fourth-order valence-electron chi connectivity index (χ4n) is 8.04. The number of rotatable bonds is 54. The van der Waals surface area contributed by atoms with Crippen LogP contribution in [0.15, 0.2) is 146 Å². The molecule has 0 radical (unpaired) electrons. The van der Waals surface area contributed by atoms with Gasteiger partial charge in [0, 0.05) is 19.3 Å². The normalized spacial score (nSPS) is 13.1. The molecule has 0 saturated carbocycles. The molecule has 0 N–H and O–H groups in total. The average Bonchev–Trinajstić information content (AvgIpc) is 3.42. The van der Waals surface area contributed by atoms with Crippen LogP contribution in [0.5, 0.6) is 0 Å². The monoisotopic (exact) mass is 1050 g/mol. The van der Waals surface area contributed by atoms with Crippen molar-refractivity contribution in [3.8, 4) is 0 Å². The maximum Gasteiger partial charge on any atom is 0.306 e. The summed E-state index contributed by atoms with van der Waals surface area (Å²) in [5.41, 5.74) is 0. The van der Waals surface area contributed by atoms with Gasteiger partial charge in [0.25, 0.3) is 0 Å². The van der Waals surface area contributed by atoms with Crippen LogP contribution in [0.1, 0.15) is 258 Å². The maximum atomic E-state index is 12.8. The summed E-state index contributed by atoms with van der Waals surface area (Å²) < 4.78 is 16.8. The molecule has 6 heteroatoms. The van der Waals surface area contributed by atoms with Crippen molar-refractivity contribution in [1.29, 1.82) is 0 Å². The van der Waals surface area contributed by atoms with Crippen LogP contribution in [0.3, 0.4) is 0 Å². The molecule has 76 heavy (non-hydrogen) atoms. The van der Waals surface area contributed by atoms with Gasteiger partial charge in [0.1, 0.15) is 13.2 Å². The van der Waals surface area contributed by atoms with E-state index in [1.54, 1.807) is 0 Å². The van der Waals surface area contributed by atoms with Crippen LogP contribution >= 0.6 is 0 Å². The van der Waals surface area contributed by atoms with Crippen molar-refractivity contribution in [2.24, 2.45) is 0 Å². The molecule has 428 valence electrons. The summed E-state index contributed by atoms with van der Waals surface area (Å²) in [5.74, 6) is -0.962. The third-order valence-electron chi connectivity index (χ3n) is 12.6. The molecule has 0 aromatic rings. The van der Waals surface area contributed by atoms with Crippen molar-refractivity contribution < 1.29 is 28.6 Å². The van der Waals surface area contributed by atoms with Crippen LogP contribution in [0.25, 0.3) is 0 Å². The van der Waals surface area contributed by atoms with Crippen molar-refractivity contribution >= 4 is 17.9 Å². The van der Waals surface area contributed by atoms with E-state index in [9.17, 15) is 14.4 Å². The lowest BCUT2D eigenvalue weighted by atomic mass is 10.0. The first kappa shape index (κ1) is 71.3. The summed E-state index contributed by atoms with van der Waals surface area (Å²) in [4.78, 5) is 38.2. The zero-order valence-electron chi connectivity index (χ0n) is 49.0. The van der Waals surface area contributed by atoms with E-state index in [0.29, 0.717) is 19.3 Å². The highest BCUT2D eigenvalue weighted by atomic mass is 16.6. The molecule has 0 rings (SSSR count). The van der Waals surface area contributed by atoms with E-state index in [-0.39, 0.29) is 37.5 Å². The van der Waals surface area contributed by atoms with Gasteiger partial charge >= 0.3 is 17.9 Å². The zero-order chi connectivity index (χ0) is 55.0. The SMILES string of the molecule is CC/C=C\C/C=C\C/C=C\C/C=C\C/C=C\C/C=C\C/C=C\C/C=C\CCCCCCCCC(=O)OCC(COC(=O)CCCCCCCCCCCCCC)OC(=O)CCCC/C=C\C/C=C\C/C=C\C/C=C\CC. The Morgan fingerprint density at radius 3 is 0.829 bits per heavy atom. The summed E-state index contributed by atoms with van der Waals surface area (Å²) in [6.07, 6.45) is 90.0. The molecule has 0 aliphatic rings. The van der Waals surface area contributed by atoms with Crippen LogP contribution < -0.4 is 0 Å². The highest BCUT2D eigenvalue weighted by molar-refractivity contribution is 5.71. The molecule has 1 atom stereocenters. The van der Waals surface area contributed by atoms with E-state index in [4.69, 9.17) is 14.2 Å². The van der Waals surface area contributed by atoms with Crippen molar-refractivity contribution in [3.63, 3.8) is 0 Å². The number of carbonyl (C=O) groups is 3. The van der Waals surface area contributed by atoms with E-state index in [0.717, 1.165) is 141 Å². The average molecular weight is 1050 g/mol. The molecule has 0 aliphatic heterocycles. The summed E-state index contributed by atoms with van der Waals surface area (Å²) >= 11 is 0. The van der Waals surface area contributed by atoms with Crippen molar-refractivity contribution in [3.05, 3.63) is 146 Å². The molecule has 1 unspecified atom stereocenters. The third kappa shape index (κ3) is 60.2. The molecule has 0 amide bonds. The molecule has 0 aromatic heterocycles. The lowest BCUT2D eigenvalue weighted by Crippen LogP contribution is -2.30. The molecule has 0 heterocycles. The van der Waals surface area contributed by atoms with E-state index in [2.05, 4.69) is 167 Å². The van der Waals surface area contributed by atoms with E-state index < -0.39 is 6.10 Å². The minimum Gasteiger partial charge on any atom is -0.462 e. The van der Waals surface area contributed by atoms with Crippen LogP contribution in [-0.4, -0.2) is 37.2 Å². The first-order valence-corrected chi connectivity index (χ1v) is 30.8. The van der Waals surface area contributed by atoms with Gasteiger partial charge in [0.05, 0.1) is 0 Å². The Bertz CT molecular complexity index is 1680. The quantitative estimate of drug-likeness (QED) is 0.0261. The molecule has 0 aromatic carbocycles. The Hall–Kier alpha value is -4.71. The number of hydrogen-bond donors (Lipinski definition) is 0. The molecule has 0 saturated heterocycles. The van der Waals surface area contributed by atoms with Gasteiger partial charge in [-0.05, 0) is 122 Å². The lowest BCUT2D eigenvalue weighted by Gasteiger charge is -2.18. The maximum absolute atomic E-state index is 12.8. The molecular formula is C70H112O6. The third-order valence-corrected chi connectivity index (χ3v) is 12.6. The van der Waals surface area contributed by atoms with E-state index in [1.165, 1.54) is 70.6 Å². The molecule has 6 nitrogen and oxygen atoms in total. The van der Waals surface area contributed by atoms with Crippen LogP contribution in [0.4, 0.5) is 0 Å². The van der Waals surface area contributed by atoms with Crippen LogP contribution in [0, 0.1) is 0 Å². The van der Waals surface area contributed by atoms with Gasteiger partial charge in [-0.25, -0.2) is 0 Å². The van der Waals surface area contributed by atoms with Crippen LogP contribution in [-0.2, 0) is 28.6 Å². The molecule has 0 aliphatic carbocycles. The van der Waals surface area contributed by atoms with Gasteiger partial charge in [-0.3, -0.25) is 14.4 Å². The molecule has 0 fully saturated rings. The van der Waals surface area contributed by atoms with Gasteiger partial charge in [0.2, 0.25) is 0 Å². The summed E-state index contributed by atoms with van der Waals surface area (Å²) in [6, 6.07) is 0. The minimum absolute atomic E-state index is 0.102. The van der Waals surface area contributed by atoms with Gasteiger partial charge in [0.15, 0.2) is 6.10 Å². The fourth-order valence-corrected chi connectivity index (χ4v) is 8.04. The molecular weight excluding hydrogens is 937 g/mol. The predicted molar refractivity (Wildman–Crippen MR) is 329 cm³/mol. The van der Waals surface area contributed by atoms with Crippen LogP contribution in [0.2, 0.25) is 0 Å². The zero-order valence-corrected chi connectivity index (χ0v) is 49.0. The van der Waals surface area contributed by atoms with Gasteiger partial charge in [-0.2, -0.15) is 0 Å². The number of allylic oxidation sites excluding steroid dienone is 24. The summed E-state index contributed by atoms with van der Waals surface area (Å²) in [5, 5.41) is 0. The van der Waals surface area contributed by atoms with Crippen molar-refractivity contribution in [1.82, 2.24) is 0 Å². The van der Waals surface area contributed by atoms with E-state index in [1.807, 2.05) is 0 Å². The predicted octanol–water partition coefficient (Wildman–Crippen LogP) is 21.2. The second-order valence-electron chi connectivity index (χ2n) is 19.9. The van der Waals surface area contributed by atoms with Crippen molar-refractivity contribution in [2.75, 3.05) is 13.2 Å². The molecule has 0 spiro atoms. The number of esters is 3. The Labute approximate surface area is 467 Å². The Balaban J connectivity index is 4.35. The highest BCUT2D eigenvalue weighted by Gasteiger charge is 2.19. The standard InChI is InChI=1S/C70H112O6/c1-4-7-10-13-16-19-22-25-27-28-29-30-31-32-33-34-35-36-37-38-39-40-41-42-44-45-48-51-54-57-60-63-69(72)75-66-67(65-74-68(71)62-59-56-53-50-47-24-21-18-15-12-9-6-3)76-70(73)64-61-58-55-52-49-46-43-26-23-20-17-14-11-8-5-2/h7-8,10-11,16-17,19-20,25-27,29-30,32-33,35-36,38-39,41-43,49,52,67H,4-6,9,12-15,18,21-24,28,31,34,37,40,44-48,50-51,53-66H2,1-3H3/b10-7-,11-8-,19-16-,20-17-,27-25-,30-29-,33-32-,36-35-,39-38-,42-41-,43-26-,52-49-. The second-order valence-corrected chi connectivity index (χ2v) is 19.9. The number of carbonyl (C=O) groups excluding carboxylic acids is 3. The number of ether oxygens (including phenoxy) is 3. The largest absolute Gasteiger partial charge is 0.462 e. The Morgan fingerprint density at radius 2 is 0.513 bits per heavy atom. The topological polar surface area (TPSA) is 78.9 Å². The number of unbranched alkanes of at least 4 members (excludes halogenated alkanes) is 19. The van der Waals surface area contributed by atoms with Gasteiger partial charge in [-0.15, -0.1) is 0 Å². The lowest BCUT2D eigenvalue weighted by molar-refractivity contribution is -0.167.